The van der Waals surface area contributed by atoms with Crippen LogP contribution >= 0.6 is 0 Å². The minimum atomic E-state index is -3.34. The molecule has 138 valence electrons. The highest BCUT2D eigenvalue weighted by Crippen LogP contribution is 2.51. The maximum absolute atomic E-state index is 13.3. The van der Waals surface area contributed by atoms with Crippen molar-refractivity contribution in [2.45, 2.75) is 22.1 Å². The molecule has 0 spiro atoms. The van der Waals surface area contributed by atoms with Gasteiger partial charge in [-0.25, -0.2) is 12.8 Å². The lowest BCUT2D eigenvalue weighted by Gasteiger charge is -2.44. The minimum absolute atomic E-state index is 0.176. The predicted molar refractivity (Wildman–Crippen MR) is 95.0 cm³/mol. The molecule has 26 heavy (non-hydrogen) atoms. The van der Waals surface area contributed by atoms with E-state index in [0.29, 0.717) is 17.7 Å². The number of aliphatic hydroxyl groups excluding tert-OH is 2. The number of sulfone groups is 1. The summed E-state index contributed by atoms with van der Waals surface area (Å²) in [4.78, 5) is 4.31. The number of benzene rings is 1. The highest BCUT2D eigenvalue weighted by atomic mass is 32.2. The Bertz CT molecular complexity index is 925. The van der Waals surface area contributed by atoms with Crippen molar-refractivity contribution in [3.8, 4) is 0 Å². The van der Waals surface area contributed by atoms with Gasteiger partial charge in [-0.2, -0.15) is 0 Å². The summed E-state index contributed by atoms with van der Waals surface area (Å²) in [6.07, 6.45) is 6.27. The van der Waals surface area contributed by atoms with E-state index < -0.39 is 26.5 Å². The average molecular weight is 377 g/mol. The largest absolute Gasteiger partial charge is 0.395 e. The van der Waals surface area contributed by atoms with Gasteiger partial charge < -0.3 is 10.2 Å². The molecule has 0 radical (unpaired) electrons. The van der Waals surface area contributed by atoms with E-state index in [4.69, 9.17) is 0 Å². The Labute approximate surface area is 151 Å². The van der Waals surface area contributed by atoms with Crippen LogP contribution in [0.2, 0.25) is 0 Å². The molecule has 0 fully saturated rings. The zero-order chi connectivity index (χ0) is 19.0. The molecule has 2 unspecified atom stereocenters. The Hall–Kier alpha value is -2.09. The van der Waals surface area contributed by atoms with E-state index in [-0.39, 0.29) is 18.1 Å². The number of allylic oxidation sites excluding steroid dienone is 1. The quantitative estimate of drug-likeness (QED) is 0.775. The van der Waals surface area contributed by atoms with Gasteiger partial charge in [0.15, 0.2) is 9.84 Å². The van der Waals surface area contributed by atoms with Gasteiger partial charge in [-0.05, 0) is 36.2 Å². The summed E-state index contributed by atoms with van der Waals surface area (Å²) in [5, 5.41) is 20.6. The Morgan fingerprint density at radius 3 is 2.31 bits per heavy atom. The Kier molecular flexibility index (Phi) is 4.72. The molecule has 0 amide bonds. The van der Waals surface area contributed by atoms with Gasteiger partial charge in [0.1, 0.15) is 5.82 Å². The summed E-state index contributed by atoms with van der Waals surface area (Å²) in [6, 6.07) is 9.03. The van der Waals surface area contributed by atoms with Gasteiger partial charge in [-0.3, -0.25) is 4.98 Å². The summed E-state index contributed by atoms with van der Waals surface area (Å²) in [7, 11) is -3.34. The zero-order valence-electron chi connectivity index (χ0n) is 14.3. The molecule has 1 aromatic carbocycles. The molecule has 3 rings (SSSR count). The molecule has 7 heteroatoms. The number of aliphatic hydroxyl groups is 2. The fraction of sp³-hybridized carbons (Fsp3) is 0.316. The first kappa shape index (κ1) is 18.7. The van der Waals surface area contributed by atoms with Crippen LogP contribution in [0.5, 0.6) is 0 Å². The van der Waals surface area contributed by atoms with Gasteiger partial charge >= 0.3 is 0 Å². The van der Waals surface area contributed by atoms with E-state index in [2.05, 4.69) is 4.98 Å². The van der Waals surface area contributed by atoms with E-state index in [0.717, 1.165) is 12.5 Å². The van der Waals surface area contributed by atoms with Crippen LogP contribution in [-0.2, 0) is 20.7 Å². The van der Waals surface area contributed by atoms with Crippen LogP contribution in [-0.4, -0.2) is 43.1 Å². The lowest BCUT2D eigenvalue weighted by Crippen LogP contribution is -2.51. The lowest BCUT2D eigenvalue weighted by atomic mass is 9.60. The van der Waals surface area contributed by atoms with Crippen molar-refractivity contribution in [1.29, 1.82) is 0 Å². The van der Waals surface area contributed by atoms with Gasteiger partial charge in [0.2, 0.25) is 0 Å². The van der Waals surface area contributed by atoms with Crippen LogP contribution < -0.4 is 0 Å². The molecule has 0 saturated heterocycles. The number of hydrogen-bond donors (Lipinski definition) is 2. The third-order valence-corrected chi connectivity index (χ3v) is 6.39. The fourth-order valence-corrected chi connectivity index (χ4v) is 4.38. The van der Waals surface area contributed by atoms with Crippen LogP contribution in [0.15, 0.2) is 59.6 Å². The summed E-state index contributed by atoms with van der Waals surface area (Å²) >= 11 is 0. The first-order chi connectivity index (χ1) is 12.3. The van der Waals surface area contributed by atoms with Crippen molar-refractivity contribution in [2.75, 3.05) is 19.5 Å². The molecule has 0 aliphatic heterocycles. The van der Waals surface area contributed by atoms with Crippen LogP contribution in [0, 0.1) is 5.82 Å². The number of halogens is 1. The van der Waals surface area contributed by atoms with Crippen LogP contribution in [0.1, 0.15) is 17.7 Å². The van der Waals surface area contributed by atoms with Gasteiger partial charge in [-0.1, -0.05) is 24.3 Å². The van der Waals surface area contributed by atoms with Crippen molar-refractivity contribution in [3.05, 3.63) is 71.8 Å². The number of hydrogen-bond acceptors (Lipinski definition) is 5. The molecule has 1 aromatic heterocycles. The Morgan fingerprint density at radius 1 is 1.12 bits per heavy atom. The summed E-state index contributed by atoms with van der Waals surface area (Å²) in [5.74, 6) is -0.490. The second kappa shape index (κ2) is 6.57. The van der Waals surface area contributed by atoms with E-state index in [9.17, 15) is 23.0 Å². The third-order valence-electron chi connectivity index (χ3n) is 5.26. The monoisotopic (exact) mass is 377 g/mol. The highest BCUT2D eigenvalue weighted by molar-refractivity contribution is 7.90. The zero-order valence-corrected chi connectivity index (χ0v) is 15.1. The normalized spacial score (nSPS) is 25.5. The fourth-order valence-electron chi connectivity index (χ4n) is 3.75. The maximum Gasteiger partial charge on any atom is 0.175 e. The third kappa shape index (κ3) is 2.76. The average Bonchev–Trinajstić information content (AvgIpc) is 3.02. The SMILES string of the molecule is CS(=O)(=O)c1ccc(C2(CO)CC=CC2(CO)c2ccc(F)cn2)cc1. The molecular weight excluding hydrogens is 357 g/mol. The van der Waals surface area contributed by atoms with Gasteiger partial charge in [0.05, 0.1) is 35.4 Å². The number of pyridine rings is 1. The van der Waals surface area contributed by atoms with Gasteiger partial charge in [0.25, 0.3) is 0 Å². The summed E-state index contributed by atoms with van der Waals surface area (Å²) in [5.41, 5.74) is -0.848. The second-order valence-corrected chi connectivity index (χ2v) is 8.65. The Morgan fingerprint density at radius 2 is 1.81 bits per heavy atom. The first-order valence-electron chi connectivity index (χ1n) is 8.11. The van der Waals surface area contributed by atoms with E-state index >= 15 is 0 Å². The maximum atomic E-state index is 13.3. The predicted octanol–water partition coefficient (Wildman–Crippen LogP) is 1.74. The summed E-state index contributed by atoms with van der Waals surface area (Å²) in [6.45, 7) is -0.631. The molecular formula is C19H20FNO4S. The second-order valence-electron chi connectivity index (χ2n) is 6.63. The lowest BCUT2D eigenvalue weighted by molar-refractivity contribution is 0.0940. The van der Waals surface area contributed by atoms with Crippen molar-refractivity contribution in [1.82, 2.24) is 4.98 Å². The van der Waals surface area contributed by atoms with Crippen molar-refractivity contribution >= 4 is 9.84 Å². The minimum Gasteiger partial charge on any atom is -0.395 e. The first-order valence-corrected chi connectivity index (χ1v) is 10.0. The topological polar surface area (TPSA) is 87.5 Å². The van der Waals surface area contributed by atoms with E-state index in [1.807, 2.05) is 6.08 Å². The van der Waals surface area contributed by atoms with Crippen molar-refractivity contribution in [2.24, 2.45) is 0 Å². The summed E-state index contributed by atoms with van der Waals surface area (Å²) < 4.78 is 36.7. The van der Waals surface area contributed by atoms with E-state index in [1.165, 1.54) is 24.3 Å². The molecule has 1 heterocycles. The van der Waals surface area contributed by atoms with Gasteiger partial charge in [0, 0.05) is 11.7 Å². The molecule has 0 bridgehead atoms. The van der Waals surface area contributed by atoms with Crippen molar-refractivity contribution < 1.29 is 23.0 Å². The van der Waals surface area contributed by atoms with Gasteiger partial charge in [-0.15, -0.1) is 0 Å². The van der Waals surface area contributed by atoms with E-state index in [1.54, 1.807) is 18.2 Å². The number of nitrogens with zero attached hydrogens (tertiary/aromatic N) is 1. The molecule has 2 atom stereocenters. The van der Waals surface area contributed by atoms with Crippen LogP contribution in [0.4, 0.5) is 4.39 Å². The van der Waals surface area contributed by atoms with Crippen LogP contribution in [0.3, 0.4) is 0 Å². The Balaban J connectivity index is 2.16. The van der Waals surface area contributed by atoms with Crippen molar-refractivity contribution in [3.63, 3.8) is 0 Å². The number of aromatic nitrogens is 1. The molecule has 1 aliphatic rings. The smallest absolute Gasteiger partial charge is 0.175 e. The molecule has 2 aromatic rings. The molecule has 1 aliphatic carbocycles. The molecule has 2 N–H and O–H groups in total. The number of rotatable bonds is 5. The molecule has 5 nitrogen and oxygen atoms in total. The highest BCUT2D eigenvalue weighted by Gasteiger charge is 2.54. The molecule has 0 saturated carbocycles. The van der Waals surface area contributed by atoms with Crippen LogP contribution in [0.25, 0.3) is 0 Å². The standard InChI is InChI=1S/C19H20FNO4S/c1-26(24,25)16-6-3-14(4-7-16)18(12-22)9-2-10-19(18,13-23)17-8-5-15(20)11-21-17/h2-8,10-11,22-23H,9,12-13H2,1H3.